The summed E-state index contributed by atoms with van der Waals surface area (Å²) in [6.45, 7) is 0.452. The molecule has 0 aliphatic rings. The molecule has 0 aliphatic carbocycles. The molecule has 0 fully saturated rings. The van der Waals surface area contributed by atoms with Crippen LogP contribution in [0.2, 0.25) is 5.15 Å². The maximum atomic E-state index is 11.2. The Balaban J connectivity index is 1.76. The van der Waals surface area contributed by atoms with Crippen LogP contribution in [0.3, 0.4) is 0 Å². The first kappa shape index (κ1) is 18.6. The summed E-state index contributed by atoms with van der Waals surface area (Å²) in [7, 11) is 1.57. The van der Waals surface area contributed by atoms with E-state index in [1.165, 1.54) is 6.07 Å². The van der Waals surface area contributed by atoms with E-state index >= 15 is 0 Å². The molecule has 0 atom stereocenters. The number of fused-ring (bicyclic) bond motifs is 1. The zero-order valence-corrected chi connectivity index (χ0v) is 16.0. The van der Waals surface area contributed by atoms with Crippen LogP contribution < -0.4 is 10.5 Å². The molecule has 0 radical (unpaired) electrons. The molecule has 3 N–H and O–H groups in total. The van der Waals surface area contributed by atoms with Crippen LogP contribution in [0.4, 0.5) is 11.6 Å². The molecule has 0 unspecified atom stereocenters. The molecule has 10 heteroatoms. The van der Waals surface area contributed by atoms with Crippen LogP contribution in [0.25, 0.3) is 22.3 Å². The first-order chi connectivity index (χ1) is 14.0. The molecule has 146 valence electrons. The van der Waals surface area contributed by atoms with Gasteiger partial charge >= 0.3 is 5.69 Å². The van der Waals surface area contributed by atoms with Crippen molar-refractivity contribution in [3.05, 3.63) is 64.4 Å². The minimum atomic E-state index is -0.175. The standard InChI is InChI=1S/C19H16ClN6O3/c1-29-15-6-5-11(7-14(15)12-3-2-4-13(8-12)26(27)28)9-25-10-22-16-17(20)23-19(21)24-18(16)25/h2-8,10H,9H2,1H3,(H,27,28)(H2,21,23,24)/q+1. The van der Waals surface area contributed by atoms with E-state index in [0.29, 0.717) is 23.5 Å². The van der Waals surface area contributed by atoms with E-state index in [0.717, 1.165) is 16.7 Å². The Hall–Kier alpha value is -3.72. The summed E-state index contributed by atoms with van der Waals surface area (Å²) in [6.07, 6.45) is 1.62. The van der Waals surface area contributed by atoms with Crippen molar-refractivity contribution in [3.8, 4) is 16.9 Å². The van der Waals surface area contributed by atoms with Crippen LogP contribution >= 0.6 is 11.6 Å². The fraction of sp³-hybridized carbons (Fsp3) is 0.105. The molecule has 9 nitrogen and oxygen atoms in total. The number of anilines is 1. The molecule has 0 saturated heterocycles. The van der Waals surface area contributed by atoms with Crippen molar-refractivity contribution in [2.45, 2.75) is 6.54 Å². The zero-order chi connectivity index (χ0) is 20.5. The summed E-state index contributed by atoms with van der Waals surface area (Å²) in [5.74, 6) is 0.703. The van der Waals surface area contributed by atoms with Crippen molar-refractivity contribution in [2.24, 2.45) is 0 Å². The zero-order valence-electron chi connectivity index (χ0n) is 15.3. The second-order valence-corrected chi connectivity index (χ2v) is 6.63. The van der Waals surface area contributed by atoms with Gasteiger partial charge in [0.15, 0.2) is 10.8 Å². The highest BCUT2D eigenvalue weighted by molar-refractivity contribution is 6.33. The lowest BCUT2D eigenvalue weighted by Crippen LogP contribution is -2.03. The SMILES string of the molecule is COc1ccc(Cn2cnc3c(Cl)nc(N)nc32)cc1-c1cccc([N+](=O)O)c1. The van der Waals surface area contributed by atoms with Gasteiger partial charge in [0.2, 0.25) is 5.95 Å². The van der Waals surface area contributed by atoms with E-state index in [1.807, 2.05) is 28.8 Å². The first-order valence-electron chi connectivity index (χ1n) is 8.53. The number of nitrogens with two attached hydrogens (primary N) is 1. The third-order valence-electron chi connectivity index (χ3n) is 4.43. The number of rotatable bonds is 5. The predicted octanol–water partition coefficient (Wildman–Crippen LogP) is 3.59. The van der Waals surface area contributed by atoms with Crippen LogP contribution in [0.5, 0.6) is 5.75 Å². The van der Waals surface area contributed by atoms with E-state index in [2.05, 4.69) is 15.0 Å². The second-order valence-electron chi connectivity index (χ2n) is 6.28. The van der Waals surface area contributed by atoms with Gasteiger partial charge in [-0.1, -0.05) is 29.8 Å². The number of hydrogen-bond acceptors (Lipinski definition) is 6. The van der Waals surface area contributed by atoms with E-state index in [-0.39, 0.29) is 21.7 Å². The van der Waals surface area contributed by atoms with E-state index < -0.39 is 0 Å². The van der Waals surface area contributed by atoms with Gasteiger partial charge in [-0.25, -0.2) is 10.2 Å². The van der Waals surface area contributed by atoms with Crippen molar-refractivity contribution in [3.63, 3.8) is 0 Å². The number of aromatic nitrogens is 4. The number of benzene rings is 2. The summed E-state index contributed by atoms with van der Waals surface area (Å²) in [4.78, 5) is 23.5. The molecule has 0 saturated carbocycles. The number of ether oxygens (including phenoxy) is 1. The highest BCUT2D eigenvalue weighted by Gasteiger charge is 2.16. The highest BCUT2D eigenvalue weighted by atomic mass is 35.5. The van der Waals surface area contributed by atoms with Crippen LogP contribution in [0.15, 0.2) is 48.8 Å². The summed E-state index contributed by atoms with van der Waals surface area (Å²) in [5, 5.41) is 9.39. The molecule has 0 amide bonds. The molecule has 2 aromatic carbocycles. The van der Waals surface area contributed by atoms with Gasteiger partial charge < -0.3 is 15.0 Å². The first-order valence-corrected chi connectivity index (χ1v) is 8.91. The molecule has 29 heavy (non-hydrogen) atoms. The number of hydrogen-bond donors (Lipinski definition) is 2. The molecule has 0 spiro atoms. The highest BCUT2D eigenvalue weighted by Crippen LogP contribution is 2.33. The van der Waals surface area contributed by atoms with Crippen LogP contribution in [-0.4, -0.2) is 36.8 Å². The Labute approximate surface area is 169 Å². The Morgan fingerprint density at radius 2 is 2.07 bits per heavy atom. The lowest BCUT2D eigenvalue weighted by Gasteiger charge is -2.12. The maximum Gasteiger partial charge on any atom is 0.317 e. The minimum absolute atomic E-state index is 0.0719. The van der Waals surface area contributed by atoms with Gasteiger partial charge in [-0.15, -0.1) is 0 Å². The molecule has 2 aromatic heterocycles. The number of halogens is 1. The van der Waals surface area contributed by atoms with Gasteiger partial charge in [0, 0.05) is 17.7 Å². The number of nitrogen functional groups attached to an aromatic ring is 1. The second kappa shape index (κ2) is 7.36. The lowest BCUT2D eigenvalue weighted by atomic mass is 10.0. The monoisotopic (exact) mass is 411 g/mol. The van der Waals surface area contributed by atoms with Gasteiger partial charge in [0.25, 0.3) is 4.92 Å². The van der Waals surface area contributed by atoms with Crippen molar-refractivity contribution < 1.29 is 14.9 Å². The fourth-order valence-electron chi connectivity index (χ4n) is 3.11. The maximum absolute atomic E-state index is 11.2. The predicted molar refractivity (Wildman–Crippen MR) is 107 cm³/mol. The summed E-state index contributed by atoms with van der Waals surface area (Å²) in [5.41, 5.74) is 9.26. The van der Waals surface area contributed by atoms with E-state index in [4.69, 9.17) is 22.1 Å². The summed E-state index contributed by atoms with van der Waals surface area (Å²) < 4.78 is 7.28. The van der Waals surface area contributed by atoms with E-state index in [1.54, 1.807) is 25.6 Å². The molecule has 4 rings (SSSR count). The Morgan fingerprint density at radius 3 is 2.83 bits per heavy atom. The van der Waals surface area contributed by atoms with Gasteiger partial charge in [-0.3, -0.25) is 0 Å². The number of imidazole rings is 1. The van der Waals surface area contributed by atoms with Crippen molar-refractivity contribution in [1.82, 2.24) is 19.5 Å². The largest absolute Gasteiger partial charge is 0.496 e. The van der Waals surface area contributed by atoms with Crippen molar-refractivity contribution in [2.75, 3.05) is 12.8 Å². The Morgan fingerprint density at radius 1 is 1.24 bits per heavy atom. The van der Waals surface area contributed by atoms with Crippen LogP contribution in [-0.2, 0) is 6.54 Å². The normalized spacial score (nSPS) is 11.0. The average Bonchev–Trinajstić information content (AvgIpc) is 3.11. The van der Waals surface area contributed by atoms with Crippen LogP contribution in [0, 0.1) is 4.91 Å². The van der Waals surface area contributed by atoms with Gasteiger partial charge in [-0.05, 0) is 23.3 Å². The van der Waals surface area contributed by atoms with Gasteiger partial charge in [-0.2, -0.15) is 9.97 Å². The lowest BCUT2D eigenvalue weighted by molar-refractivity contribution is -0.729. The average molecular weight is 412 g/mol. The molecule has 0 aliphatic heterocycles. The van der Waals surface area contributed by atoms with Gasteiger partial charge in [0.1, 0.15) is 11.3 Å². The summed E-state index contributed by atoms with van der Waals surface area (Å²) in [6, 6.07) is 12.3. The topological polar surface area (TPSA) is 119 Å². The summed E-state index contributed by atoms with van der Waals surface area (Å²) >= 11 is 6.09. The minimum Gasteiger partial charge on any atom is -0.496 e. The van der Waals surface area contributed by atoms with Crippen molar-refractivity contribution >= 4 is 34.4 Å². The van der Waals surface area contributed by atoms with Crippen LogP contribution in [0.1, 0.15) is 5.56 Å². The smallest absolute Gasteiger partial charge is 0.317 e. The molecular formula is C19H16ClN6O3+. The fourth-order valence-corrected chi connectivity index (χ4v) is 3.33. The Kier molecular flexibility index (Phi) is 4.73. The molecular weight excluding hydrogens is 396 g/mol. The third kappa shape index (κ3) is 3.55. The quantitative estimate of drug-likeness (QED) is 0.380. The number of nitrogens with zero attached hydrogens (tertiary/aromatic N) is 5. The molecule has 2 heterocycles. The molecule has 0 bridgehead atoms. The third-order valence-corrected chi connectivity index (χ3v) is 4.70. The van der Waals surface area contributed by atoms with Crippen molar-refractivity contribution in [1.29, 1.82) is 0 Å². The Bertz CT molecular complexity index is 1240. The number of methoxy groups -OCH3 is 1. The van der Waals surface area contributed by atoms with E-state index in [9.17, 15) is 10.1 Å². The van der Waals surface area contributed by atoms with Gasteiger partial charge in [0.05, 0.1) is 24.9 Å². The molecule has 4 aromatic rings.